The molecule has 0 aliphatic rings. The first-order chi connectivity index (χ1) is 15.0. The van der Waals surface area contributed by atoms with E-state index in [-0.39, 0.29) is 0 Å². The van der Waals surface area contributed by atoms with Crippen molar-refractivity contribution in [1.82, 2.24) is 0 Å². The minimum absolute atomic E-state index is 0.409. The van der Waals surface area contributed by atoms with Crippen LogP contribution in [0.5, 0.6) is 0 Å². The summed E-state index contributed by atoms with van der Waals surface area (Å²) in [7, 11) is 0. The van der Waals surface area contributed by atoms with Crippen molar-refractivity contribution in [3.8, 4) is 0 Å². The first-order valence-electron chi connectivity index (χ1n) is 11.9. The summed E-state index contributed by atoms with van der Waals surface area (Å²) in [4.78, 5) is 0. The van der Waals surface area contributed by atoms with Crippen LogP contribution in [-0.2, 0) is 0 Å². The smallest absolute Gasteiger partial charge is 0.146 e. The molecule has 2 rings (SSSR count). The highest BCUT2D eigenvalue weighted by Gasteiger charge is 2.32. The van der Waals surface area contributed by atoms with Gasteiger partial charge in [-0.2, -0.15) is 0 Å². The highest BCUT2D eigenvalue weighted by molar-refractivity contribution is 7.45. The SMILES string of the molecule is Cc1ccc(C(C)C[Si](Cl)(Cl)CCCCCC[Si](Cl)(Cl)CC(C)c2ccc(C)cc2)cc1. The molecular weight excluding hydrogens is 510 g/mol. The van der Waals surface area contributed by atoms with E-state index in [1.54, 1.807) is 0 Å². The van der Waals surface area contributed by atoms with Crippen molar-refractivity contribution >= 4 is 57.7 Å². The Bertz CT molecular complexity index is 734. The molecule has 0 radical (unpaired) electrons. The largest absolute Gasteiger partial charge is 0.251 e. The van der Waals surface area contributed by atoms with Gasteiger partial charge in [0.1, 0.15) is 0 Å². The second-order valence-corrected chi connectivity index (χ2v) is 24.7. The van der Waals surface area contributed by atoms with E-state index >= 15 is 0 Å². The lowest BCUT2D eigenvalue weighted by Gasteiger charge is -2.22. The molecule has 0 aliphatic heterocycles. The van der Waals surface area contributed by atoms with Crippen LogP contribution in [0.1, 0.15) is 73.6 Å². The highest BCUT2D eigenvalue weighted by atomic mass is 35.7. The van der Waals surface area contributed by atoms with Gasteiger partial charge >= 0.3 is 0 Å². The molecule has 0 fully saturated rings. The molecule has 0 saturated carbocycles. The first kappa shape index (κ1) is 28.3. The van der Waals surface area contributed by atoms with Crippen LogP contribution in [0.4, 0.5) is 0 Å². The van der Waals surface area contributed by atoms with E-state index in [1.165, 1.54) is 22.3 Å². The Kier molecular flexibility index (Phi) is 11.7. The number of halogens is 4. The van der Waals surface area contributed by atoms with E-state index in [0.717, 1.165) is 49.9 Å². The molecule has 0 N–H and O–H groups in total. The Morgan fingerprint density at radius 1 is 0.562 bits per heavy atom. The van der Waals surface area contributed by atoms with Gasteiger partial charge in [-0.3, -0.25) is 0 Å². The van der Waals surface area contributed by atoms with E-state index in [9.17, 15) is 0 Å². The average Bonchev–Trinajstić information content (AvgIpc) is 2.70. The van der Waals surface area contributed by atoms with Gasteiger partial charge in [0, 0.05) is 0 Å². The van der Waals surface area contributed by atoms with Gasteiger partial charge in [-0.05, 0) is 61.0 Å². The summed E-state index contributed by atoms with van der Waals surface area (Å²) in [6.07, 6.45) is 4.50. The summed E-state index contributed by atoms with van der Waals surface area (Å²) < 4.78 is 0. The van der Waals surface area contributed by atoms with Crippen molar-refractivity contribution in [3.63, 3.8) is 0 Å². The van der Waals surface area contributed by atoms with Gasteiger partial charge in [-0.15, -0.1) is 44.3 Å². The molecule has 0 nitrogen and oxygen atoms in total. The molecule has 0 bridgehead atoms. The maximum Gasteiger partial charge on any atom is 0.251 e. The molecule has 178 valence electrons. The molecule has 2 unspecified atom stereocenters. The Hall–Kier alpha value is 0.0338. The van der Waals surface area contributed by atoms with Crippen LogP contribution in [-0.4, -0.2) is 13.4 Å². The lowest BCUT2D eigenvalue weighted by Crippen LogP contribution is -2.22. The molecule has 0 aliphatic carbocycles. The van der Waals surface area contributed by atoms with Crippen LogP contribution in [0.25, 0.3) is 0 Å². The second kappa shape index (κ2) is 13.2. The summed E-state index contributed by atoms with van der Waals surface area (Å²) in [5, 5.41) is 0. The van der Waals surface area contributed by atoms with Gasteiger partial charge < -0.3 is 0 Å². The Labute approximate surface area is 216 Å². The maximum atomic E-state index is 6.79. The standard InChI is InChI=1S/C26H38Cl4Si2/c1-21-9-13-25(14-10-21)23(3)19-31(27,28)17-7-5-6-8-18-32(29,30)20-24(4)26-15-11-22(2)12-16-26/h9-16,23-24H,5-8,17-20H2,1-4H3. The van der Waals surface area contributed by atoms with Crippen molar-refractivity contribution < 1.29 is 0 Å². The molecule has 0 spiro atoms. The number of aryl methyl sites for hydroxylation is 2. The zero-order chi connectivity index (χ0) is 23.8. The van der Waals surface area contributed by atoms with Gasteiger partial charge in [0.05, 0.1) is 0 Å². The van der Waals surface area contributed by atoms with E-state index in [2.05, 4.69) is 76.2 Å². The predicted octanol–water partition coefficient (Wildman–Crippen LogP) is 10.6. The number of hydrogen-bond acceptors (Lipinski definition) is 0. The molecule has 32 heavy (non-hydrogen) atoms. The quantitative estimate of drug-likeness (QED) is 0.133. The van der Waals surface area contributed by atoms with Gasteiger partial charge in [0.2, 0.25) is 0 Å². The fraction of sp³-hybridized carbons (Fsp3) is 0.538. The number of rotatable bonds is 13. The van der Waals surface area contributed by atoms with Crippen molar-refractivity contribution in [3.05, 3.63) is 70.8 Å². The molecule has 0 heterocycles. The van der Waals surface area contributed by atoms with E-state index in [1.807, 2.05) is 0 Å². The van der Waals surface area contributed by atoms with Crippen LogP contribution in [0.3, 0.4) is 0 Å². The van der Waals surface area contributed by atoms with E-state index < -0.39 is 13.4 Å². The fourth-order valence-electron chi connectivity index (χ4n) is 4.25. The molecule has 0 saturated heterocycles. The van der Waals surface area contributed by atoms with E-state index in [4.69, 9.17) is 44.3 Å². The van der Waals surface area contributed by atoms with Crippen LogP contribution in [0.15, 0.2) is 48.5 Å². The third kappa shape index (κ3) is 10.5. The highest BCUT2D eigenvalue weighted by Crippen LogP contribution is 2.37. The lowest BCUT2D eigenvalue weighted by atomic mass is 10.0. The van der Waals surface area contributed by atoms with Crippen LogP contribution >= 0.6 is 44.3 Å². The van der Waals surface area contributed by atoms with E-state index in [0.29, 0.717) is 11.8 Å². The van der Waals surface area contributed by atoms with Crippen molar-refractivity contribution in [2.75, 3.05) is 0 Å². The zero-order valence-corrected chi connectivity index (χ0v) is 25.0. The van der Waals surface area contributed by atoms with Gasteiger partial charge in [0.15, 0.2) is 0 Å². The molecule has 6 heteroatoms. The third-order valence-electron chi connectivity index (χ3n) is 6.34. The molecule has 2 aromatic carbocycles. The molecule has 0 amide bonds. The van der Waals surface area contributed by atoms with Crippen molar-refractivity contribution in [2.24, 2.45) is 0 Å². The monoisotopic (exact) mass is 546 g/mol. The summed E-state index contributed by atoms with van der Waals surface area (Å²) in [5.74, 6) is 0.818. The summed E-state index contributed by atoms with van der Waals surface area (Å²) in [6, 6.07) is 21.2. The van der Waals surface area contributed by atoms with Crippen LogP contribution < -0.4 is 0 Å². The van der Waals surface area contributed by atoms with Gasteiger partial charge in [0.25, 0.3) is 13.4 Å². The molecule has 0 aromatic heterocycles. The summed E-state index contributed by atoms with van der Waals surface area (Å²) in [6.45, 7) is 4.25. The molecular formula is C26H38Cl4Si2. The number of unbranched alkanes of at least 4 members (excludes halogenated alkanes) is 3. The van der Waals surface area contributed by atoms with Gasteiger partial charge in [-0.1, -0.05) is 99.2 Å². The van der Waals surface area contributed by atoms with Crippen molar-refractivity contribution in [1.29, 1.82) is 0 Å². The number of benzene rings is 2. The minimum atomic E-state index is -2.22. The van der Waals surface area contributed by atoms with Crippen LogP contribution in [0.2, 0.25) is 24.2 Å². The predicted molar refractivity (Wildman–Crippen MR) is 152 cm³/mol. The topological polar surface area (TPSA) is 0 Å². The third-order valence-corrected chi connectivity index (χ3v) is 15.0. The molecule has 2 atom stereocenters. The minimum Gasteiger partial charge on any atom is -0.146 e. The second-order valence-electron chi connectivity index (χ2n) is 9.66. The Morgan fingerprint density at radius 3 is 1.19 bits per heavy atom. The molecule has 2 aromatic rings. The lowest BCUT2D eigenvalue weighted by molar-refractivity contribution is 0.692. The average molecular weight is 549 g/mol. The summed E-state index contributed by atoms with van der Waals surface area (Å²) >= 11 is 27.2. The Balaban J connectivity index is 1.65. The fourth-order valence-corrected chi connectivity index (χ4v) is 12.8. The Morgan fingerprint density at radius 2 is 0.875 bits per heavy atom. The van der Waals surface area contributed by atoms with Gasteiger partial charge in [-0.25, -0.2) is 0 Å². The maximum absolute atomic E-state index is 6.79. The number of hydrogen-bond donors (Lipinski definition) is 0. The van der Waals surface area contributed by atoms with Crippen molar-refractivity contribution in [2.45, 2.75) is 89.4 Å². The normalized spacial score (nSPS) is 14.4. The first-order valence-corrected chi connectivity index (χ1v) is 20.7. The van der Waals surface area contributed by atoms with Crippen LogP contribution in [0, 0.1) is 13.8 Å². The summed E-state index contributed by atoms with van der Waals surface area (Å²) in [5.41, 5.74) is 5.23. The zero-order valence-electron chi connectivity index (χ0n) is 19.9.